The molecule has 0 bridgehead atoms. The maximum atomic E-state index is 5.95. The van der Waals surface area contributed by atoms with Crippen molar-refractivity contribution in [1.29, 1.82) is 0 Å². The van der Waals surface area contributed by atoms with E-state index in [1.807, 2.05) is 19.9 Å². The Balaban J connectivity index is 2.41. The predicted molar refractivity (Wildman–Crippen MR) is 77.0 cm³/mol. The summed E-state index contributed by atoms with van der Waals surface area (Å²) in [4.78, 5) is 8.57. The lowest BCUT2D eigenvalue weighted by molar-refractivity contribution is 0.454. The van der Waals surface area contributed by atoms with E-state index >= 15 is 0 Å². The molecule has 4 heteroatoms. The van der Waals surface area contributed by atoms with Gasteiger partial charge in [0.05, 0.1) is 0 Å². The Bertz CT molecular complexity index is 609. The minimum Gasteiger partial charge on any atom is -0.438 e. The topological polar surface area (TPSA) is 47.0 Å². The fourth-order valence-corrected chi connectivity index (χ4v) is 1.89. The molecule has 0 atom stereocenters. The van der Waals surface area contributed by atoms with Crippen LogP contribution in [0.3, 0.4) is 0 Å². The van der Waals surface area contributed by atoms with E-state index in [9.17, 15) is 0 Å². The Hall–Kier alpha value is -2.10. The predicted octanol–water partition coefficient (Wildman–Crippen LogP) is 3.54. The SMILES string of the molecule is CNc1nc(C)cc(Oc2c(C)ccc(C)c2C)n1. The number of ether oxygens (including phenoxy) is 1. The highest BCUT2D eigenvalue weighted by molar-refractivity contribution is 5.46. The second-order valence-electron chi connectivity index (χ2n) is 4.68. The number of benzene rings is 1. The largest absolute Gasteiger partial charge is 0.438 e. The lowest BCUT2D eigenvalue weighted by atomic mass is 10.1. The van der Waals surface area contributed by atoms with Gasteiger partial charge in [-0.2, -0.15) is 4.98 Å². The van der Waals surface area contributed by atoms with Crippen molar-refractivity contribution in [2.45, 2.75) is 27.7 Å². The normalized spacial score (nSPS) is 10.4. The van der Waals surface area contributed by atoms with Gasteiger partial charge in [-0.15, -0.1) is 0 Å². The summed E-state index contributed by atoms with van der Waals surface area (Å²) in [6.45, 7) is 8.09. The van der Waals surface area contributed by atoms with E-state index in [0.29, 0.717) is 11.8 Å². The van der Waals surface area contributed by atoms with Crippen molar-refractivity contribution in [3.8, 4) is 11.6 Å². The second kappa shape index (κ2) is 5.26. The Labute approximate surface area is 113 Å². The molecule has 4 nitrogen and oxygen atoms in total. The molecule has 1 aromatic carbocycles. The van der Waals surface area contributed by atoms with Crippen molar-refractivity contribution in [3.63, 3.8) is 0 Å². The van der Waals surface area contributed by atoms with Gasteiger partial charge in [0.2, 0.25) is 11.8 Å². The molecule has 100 valence electrons. The molecule has 1 N–H and O–H groups in total. The highest BCUT2D eigenvalue weighted by Gasteiger charge is 2.09. The standard InChI is InChI=1S/C15H19N3O/c1-9-6-7-10(2)14(12(9)4)19-13-8-11(3)17-15(16-5)18-13/h6-8H,1-5H3,(H,16,17,18). The Morgan fingerprint density at radius 2 is 1.68 bits per heavy atom. The van der Waals surface area contributed by atoms with Crippen LogP contribution in [0.25, 0.3) is 0 Å². The van der Waals surface area contributed by atoms with E-state index in [0.717, 1.165) is 22.6 Å². The zero-order chi connectivity index (χ0) is 14.0. The molecule has 0 unspecified atom stereocenters. The van der Waals surface area contributed by atoms with Crippen molar-refractivity contribution in [2.24, 2.45) is 0 Å². The molecule has 0 aliphatic rings. The van der Waals surface area contributed by atoms with Crippen LogP contribution in [0.5, 0.6) is 11.6 Å². The van der Waals surface area contributed by atoms with Gasteiger partial charge >= 0.3 is 0 Å². The monoisotopic (exact) mass is 257 g/mol. The molecule has 1 aromatic heterocycles. The fraction of sp³-hybridized carbons (Fsp3) is 0.333. The third kappa shape index (κ3) is 2.84. The van der Waals surface area contributed by atoms with E-state index in [1.54, 1.807) is 7.05 Å². The van der Waals surface area contributed by atoms with E-state index < -0.39 is 0 Å². The van der Waals surface area contributed by atoms with Gasteiger partial charge in [-0.1, -0.05) is 12.1 Å². The molecule has 0 radical (unpaired) electrons. The molecular formula is C15H19N3O. The number of anilines is 1. The smallest absolute Gasteiger partial charge is 0.225 e. The van der Waals surface area contributed by atoms with Crippen LogP contribution in [0.15, 0.2) is 18.2 Å². The summed E-state index contributed by atoms with van der Waals surface area (Å²) in [6.07, 6.45) is 0. The van der Waals surface area contributed by atoms with Gasteiger partial charge in [0, 0.05) is 18.8 Å². The van der Waals surface area contributed by atoms with E-state index in [-0.39, 0.29) is 0 Å². The van der Waals surface area contributed by atoms with Crippen molar-refractivity contribution < 1.29 is 4.74 Å². The quantitative estimate of drug-likeness (QED) is 0.913. The molecule has 0 aliphatic heterocycles. The summed E-state index contributed by atoms with van der Waals surface area (Å²) in [7, 11) is 1.79. The van der Waals surface area contributed by atoms with Crippen LogP contribution in [-0.4, -0.2) is 17.0 Å². The number of aryl methyl sites for hydroxylation is 3. The summed E-state index contributed by atoms with van der Waals surface area (Å²) in [5.74, 6) is 2.01. The first-order valence-electron chi connectivity index (χ1n) is 6.29. The molecule has 1 heterocycles. The van der Waals surface area contributed by atoms with Crippen molar-refractivity contribution in [2.75, 3.05) is 12.4 Å². The van der Waals surface area contributed by atoms with Crippen LogP contribution in [0.1, 0.15) is 22.4 Å². The average molecular weight is 257 g/mol. The van der Waals surface area contributed by atoms with Gasteiger partial charge in [0.15, 0.2) is 0 Å². The highest BCUT2D eigenvalue weighted by Crippen LogP contribution is 2.30. The van der Waals surface area contributed by atoms with Gasteiger partial charge in [-0.05, 0) is 44.4 Å². The van der Waals surface area contributed by atoms with Crippen LogP contribution in [0.2, 0.25) is 0 Å². The number of hydrogen-bond donors (Lipinski definition) is 1. The molecular weight excluding hydrogens is 238 g/mol. The minimum absolute atomic E-state index is 0.564. The third-order valence-electron chi connectivity index (χ3n) is 3.13. The Morgan fingerprint density at radius 1 is 1.00 bits per heavy atom. The van der Waals surface area contributed by atoms with Crippen LogP contribution in [0.4, 0.5) is 5.95 Å². The lowest BCUT2D eigenvalue weighted by Gasteiger charge is -2.13. The number of rotatable bonds is 3. The zero-order valence-corrected chi connectivity index (χ0v) is 12.0. The first kappa shape index (κ1) is 13.3. The van der Waals surface area contributed by atoms with Gasteiger partial charge < -0.3 is 10.1 Å². The molecule has 0 spiro atoms. The molecule has 0 saturated carbocycles. The summed E-state index contributed by atoms with van der Waals surface area (Å²) in [6, 6.07) is 5.99. The van der Waals surface area contributed by atoms with Crippen molar-refractivity contribution >= 4 is 5.95 Å². The van der Waals surface area contributed by atoms with Gasteiger partial charge in [-0.25, -0.2) is 4.98 Å². The van der Waals surface area contributed by atoms with Gasteiger partial charge in [0.1, 0.15) is 5.75 Å². The molecule has 19 heavy (non-hydrogen) atoms. The van der Waals surface area contributed by atoms with Gasteiger partial charge in [-0.3, -0.25) is 0 Å². The van der Waals surface area contributed by atoms with E-state index in [4.69, 9.17) is 4.74 Å². The van der Waals surface area contributed by atoms with Crippen LogP contribution >= 0.6 is 0 Å². The molecule has 2 aromatic rings. The van der Waals surface area contributed by atoms with Crippen LogP contribution < -0.4 is 10.1 Å². The summed E-state index contributed by atoms with van der Waals surface area (Å²) >= 11 is 0. The average Bonchev–Trinajstić information content (AvgIpc) is 2.38. The summed E-state index contributed by atoms with van der Waals surface area (Å²) in [5, 5.41) is 2.93. The first-order valence-corrected chi connectivity index (χ1v) is 6.29. The maximum Gasteiger partial charge on any atom is 0.225 e. The van der Waals surface area contributed by atoms with E-state index in [1.165, 1.54) is 5.56 Å². The number of aromatic nitrogens is 2. The minimum atomic E-state index is 0.564. The fourth-order valence-electron chi connectivity index (χ4n) is 1.89. The zero-order valence-electron chi connectivity index (χ0n) is 12.0. The summed E-state index contributed by atoms with van der Waals surface area (Å²) in [5.41, 5.74) is 4.32. The van der Waals surface area contributed by atoms with E-state index in [2.05, 4.69) is 41.3 Å². The van der Waals surface area contributed by atoms with Crippen LogP contribution in [-0.2, 0) is 0 Å². The van der Waals surface area contributed by atoms with Crippen LogP contribution in [0, 0.1) is 27.7 Å². The highest BCUT2D eigenvalue weighted by atomic mass is 16.5. The number of nitrogens with zero attached hydrogens (tertiary/aromatic N) is 2. The first-order chi connectivity index (χ1) is 9.01. The Morgan fingerprint density at radius 3 is 2.37 bits per heavy atom. The number of hydrogen-bond acceptors (Lipinski definition) is 4. The number of nitrogens with one attached hydrogen (secondary N) is 1. The van der Waals surface area contributed by atoms with Crippen molar-refractivity contribution in [1.82, 2.24) is 9.97 Å². The Kier molecular flexibility index (Phi) is 3.69. The molecule has 0 amide bonds. The molecule has 0 aliphatic carbocycles. The lowest BCUT2D eigenvalue weighted by Crippen LogP contribution is -2.01. The van der Waals surface area contributed by atoms with Crippen molar-refractivity contribution in [3.05, 3.63) is 40.6 Å². The summed E-state index contributed by atoms with van der Waals surface area (Å²) < 4.78 is 5.95. The third-order valence-corrected chi connectivity index (χ3v) is 3.13. The molecule has 0 saturated heterocycles. The van der Waals surface area contributed by atoms with Gasteiger partial charge in [0.25, 0.3) is 0 Å². The molecule has 2 rings (SSSR count). The second-order valence-corrected chi connectivity index (χ2v) is 4.68. The maximum absolute atomic E-state index is 5.95. The molecule has 0 fully saturated rings.